The molecule has 3 aliphatic rings. The Labute approximate surface area is 219 Å². The summed E-state index contributed by atoms with van der Waals surface area (Å²) in [5, 5.41) is 30.5. The highest BCUT2D eigenvalue weighted by Gasteiger charge is 2.79. The van der Waals surface area contributed by atoms with Crippen LogP contribution in [0.15, 0.2) is 30.5 Å². The summed E-state index contributed by atoms with van der Waals surface area (Å²) in [5.41, 5.74) is 1.57. The van der Waals surface area contributed by atoms with Crippen LogP contribution in [0.2, 0.25) is 0 Å². The van der Waals surface area contributed by atoms with E-state index in [-0.39, 0.29) is 23.1 Å². The van der Waals surface area contributed by atoms with Crippen molar-refractivity contribution in [1.82, 2.24) is 15.6 Å². The molecular weight excluding hydrogens is 468 g/mol. The number of aromatic nitrogens is 1. The Hall–Kier alpha value is -2.68. The maximum atomic E-state index is 11.7. The predicted molar refractivity (Wildman–Crippen MR) is 143 cm³/mol. The SMILES string of the molecule is CCCCCCCCCCNC(O)NC12CC1C2c1cc(Oc2ccnc3c2CCC(=O)N3)ccc1O. The summed E-state index contributed by atoms with van der Waals surface area (Å²) in [6.07, 6.45) is 13.0. The third kappa shape index (κ3) is 5.92. The van der Waals surface area contributed by atoms with Crippen LogP contribution < -0.4 is 20.7 Å². The highest BCUT2D eigenvalue weighted by atomic mass is 16.5. The van der Waals surface area contributed by atoms with Gasteiger partial charge in [0.2, 0.25) is 5.91 Å². The van der Waals surface area contributed by atoms with Gasteiger partial charge in [0.1, 0.15) is 23.1 Å². The number of pyridine rings is 1. The fourth-order valence-corrected chi connectivity index (χ4v) is 5.79. The van der Waals surface area contributed by atoms with E-state index in [0.717, 1.165) is 30.5 Å². The predicted octanol–water partition coefficient (Wildman–Crippen LogP) is 4.92. The molecule has 2 heterocycles. The quantitative estimate of drug-likeness (QED) is 0.171. The molecule has 1 amide bonds. The van der Waals surface area contributed by atoms with Crippen LogP contribution in [0.3, 0.4) is 0 Å². The van der Waals surface area contributed by atoms with Crippen molar-refractivity contribution in [3.8, 4) is 17.2 Å². The second kappa shape index (κ2) is 11.4. The van der Waals surface area contributed by atoms with E-state index in [2.05, 4.69) is 27.9 Å². The van der Waals surface area contributed by atoms with Gasteiger partial charge in [-0.25, -0.2) is 4.98 Å². The molecule has 1 aromatic carbocycles. The van der Waals surface area contributed by atoms with E-state index >= 15 is 0 Å². The Kier molecular flexibility index (Phi) is 7.98. The Balaban J connectivity index is 1.11. The summed E-state index contributed by atoms with van der Waals surface area (Å²) in [4.78, 5) is 15.9. The van der Waals surface area contributed by atoms with Crippen molar-refractivity contribution in [3.63, 3.8) is 0 Å². The van der Waals surface area contributed by atoms with Gasteiger partial charge < -0.3 is 20.3 Å². The van der Waals surface area contributed by atoms with Crippen LogP contribution in [0.5, 0.6) is 17.2 Å². The van der Waals surface area contributed by atoms with Crippen LogP contribution in [0.4, 0.5) is 5.82 Å². The summed E-state index contributed by atoms with van der Waals surface area (Å²) >= 11 is 0. The minimum absolute atomic E-state index is 0.0377. The lowest BCUT2D eigenvalue weighted by molar-refractivity contribution is -0.116. The van der Waals surface area contributed by atoms with E-state index in [4.69, 9.17) is 4.74 Å². The highest BCUT2D eigenvalue weighted by molar-refractivity contribution is 5.93. The van der Waals surface area contributed by atoms with Gasteiger partial charge in [-0.2, -0.15) is 0 Å². The van der Waals surface area contributed by atoms with Crippen molar-refractivity contribution in [2.45, 2.75) is 95.4 Å². The van der Waals surface area contributed by atoms with Crippen LogP contribution in [-0.2, 0) is 11.2 Å². The number of amides is 1. The molecule has 1 aliphatic heterocycles. The fourth-order valence-electron chi connectivity index (χ4n) is 5.79. The van der Waals surface area contributed by atoms with Gasteiger partial charge in [0, 0.05) is 35.2 Å². The first-order chi connectivity index (χ1) is 18.0. The number of anilines is 1. The number of fused-ring (bicyclic) bond motifs is 2. The number of aliphatic hydroxyl groups is 1. The Morgan fingerprint density at radius 2 is 1.92 bits per heavy atom. The second-order valence-corrected chi connectivity index (χ2v) is 10.8. The molecular formula is C29H40N4O4. The smallest absolute Gasteiger partial charge is 0.225 e. The molecule has 2 aliphatic carbocycles. The number of nitrogens with zero attached hydrogens (tertiary/aromatic N) is 1. The van der Waals surface area contributed by atoms with Crippen molar-refractivity contribution >= 4 is 11.7 Å². The van der Waals surface area contributed by atoms with Gasteiger partial charge in [0.05, 0.1) is 0 Å². The fraction of sp³-hybridized carbons (Fsp3) is 0.586. The average Bonchev–Trinajstić information content (AvgIpc) is 3.74. The lowest BCUT2D eigenvalue weighted by Gasteiger charge is -2.21. The number of benzene rings is 1. The molecule has 1 aromatic heterocycles. The van der Waals surface area contributed by atoms with Gasteiger partial charge in [-0.1, -0.05) is 51.9 Å². The number of hydrogen-bond donors (Lipinski definition) is 5. The van der Waals surface area contributed by atoms with E-state index in [1.807, 2.05) is 6.07 Å². The van der Waals surface area contributed by atoms with Gasteiger partial charge in [-0.05, 0) is 56.0 Å². The largest absolute Gasteiger partial charge is 0.508 e. The molecule has 8 nitrogen and oxygen atoms in total. The van der Waals surface area contributed by atoms with Crippen molar-refractivity contribution < 1.29 is 19.7 Å². The number of phenolic OH excluding ortho intramolecular Hbond substituents is 1. The number of phenols is 1. The third-order valence-corrected chi connectivity index (χ3v) is 8.12. The highest BCUT2D eigenvalue weighted by Crippen LogP contribution is 2.77. The van der Waals surface area contributed by atoms with Crippen molar-refractivity contribution in [2.24, 2.45) is 5.92 Å². The number of nitrogens with one attached hydrogen (secondary N) is 3. The Morgan fingerprint density at radius 1 is 1.14 bits per heavy atom. The molecule has 0 bridgehead atoms. The molecule has 200 valence electrons. The van der Waals surface area contributed by atoms with Gasteiger partial charge in [0.25, 0.3) is 0 Å². The van der Waals surface area contributed by atoms with Crippen molar-refractivity contribution in [3.05, 3.63) is 41.6 Å². The van der Waals surface area contributed by atoms with Gasteiger partial charge in [-0.3, -0.25) is 15.4 Å². The van der Waals surface area contributed by atoms with Crippen LogP contribution in [-0.4, -0.2) is 39.5 Å². The zero-order valence-electron chi connectivity index (χ0n) is 21.8. The van der Waals surface area contributed by atoms with Crippen LogP contribution in [0.1, 0.15) is 88.2 Å². The zero-order chi connectivity index (χ0) is 25.8. The van der Waals surface area contributed by atoms with Crippen LogP contribution in [0, 0.1) is 5.92 Å². The first-order valence-corrected chi connectivity index (χ1v) is 14.0. The number of aromatic hydroxyl groups is 1. The first-order valence-electron chi connectivity index (χ1n) is 14.0. The summed E-state index contributed by atoms with van der Waals surface area (Å²) in [7, 11) is 0. The normalized spacial score (nSPS) is 24.1. The molecule has 0 spiro atoms. The third-order valence-electron chi connectivity index (χ3n) is 8.12. The number of hydrogen-bond acceptors (Lipinski definition) is 7. The van der Waals surface area contributed by atoms with E-state index in [1.165, 1.54) is 44.9 Å². The average molecular weight is 509 g/mol. The number of carbonyl (C=O) groups excluding carboxylic acids is 1. The van der Waals surface area contributed by atoms with Gasteiger partial charge in [0.15, 0.2) is 6.35 Å². The molecule has 4 unspecified atom stereocenters. The van der Waals surface area contributed by atoms with Crippen molar-refractivity contribution in [1.29, 1.82) is 0 Å². The summed E-state index contributed by atoms with van der Waals surface area (Å²) in [6, 6.07) is 7.11. The van der Waals surface area contributed by atoms with Gasteiger partial charge >= 0.3 is 0 Å². The van der Waals surface area contributed by atoms with Crippen LogP contribution in [0.25, 0.3) is 0 Å². The maximum absolute atomic E-state index is 11.7. The molecule has 8 heteroatoms. The lowest BCUT2D eigenvalue weighted by atomic mass is 9.99. The minimum atomic E-state index is -0.750. The molecule has 4 atom stereocenters. The maximum Gasteiger partial charge on any atom is 0.225 e. The number of ether oxygens (including phenoxy) is 1. The molecule has 0 radical (unpaired) electrons. The molecule has 5 rings (SSSR count). The summed E-state index contributed by atoms with van der Waals surface area (Å²) in [5.74, 6) is 2.62. The lowest BCUT2D eigenvalue weighted by Crippen LogP contribution is -2.46. The van der Waals surface area contributed by atoms with E-state index < -0.39 is 6.35 Å². The Bertz CT molecular complexity index is 1110. The molecule has 2 saturated carbocycles. The first kappa shape index (κ1) is 25.9. The molecule has 2 fully saturated rings. The van der Waals surface area contributed by atoms with E-state index in [1.54, 1.807) is 24.4 Å². The minimum Gasteiger partial charge on any atom is -0.508 e. The van der Waals surface area contributed by atoms with E-state index in [9.17, 15) is 15.0 Å². The standard InChI is InChI=1S/C29H40N4O4/c1-2-3-4-5-6-7-8-9-15-31-28(36)33-29-18-22(29)26(29)21-17-19(10-12-23(21)34)37-24-14-16-30-27-20(24)11-13-25(35)32-27/h10,12,14,16-17,22,26,28,31,33-34,36H,2-9,11,13,15,18H2,1H3,(H,30,32,35). The molecule has 0 saturated heterocycles. The van der Waals surface area contributed by atoms with Crippen molar-refractivity contribution in [2.75, 3.05) is 11.9 Å². The number of carbonyl (C=O) groups is 1. The number of aliphatic hydroxyl groups excluding tert-OH is 1. The van der Waals surface area contributed by atoms with E-state index in [0.29, 0.717) is 36.1 Å². The molecule has 5 N–H and O–H groups in total. The number of rotatable bonds is 15. The second-order valence-electron chi connectivity index (χ2n) is 10.8. The van der Waals surface area contributed by atoms with Gasteiger partial charge in [-0.15, -0.1) is 0 Å². The number of unbranched alkanes of at least 4 members (excludes halogenated alkanes) is 7. The summed E-state index contributed by atoms with van der Waals surface area (Å²) in [6.45, 7) is 3.03. The summed E-state index contributed by atoms with van der Waals surface area (Å²) < 4.78 is 6.18. The molecule has 37 heavy (non-hydrogen) atoms. The topological polar surface area (TPSA) is 116 Å². The Morgan fingerprint density at radius 3 is 2.70 bits per heavy atom. The monoisotopic (exact) mass is 508 g/mol. The zero-order valence-corrected chi connectivity index (χ0v) is 21.8. The van der Waals surface area contributed by atoms with Crippen LogP contribution >= 0.6 is 0 Å². The molecule has 2 aromatic rings.